The van der Waals surface area contributed by atoms with Gasteiger partial charge in [-0.2, -0.15) is 0 Å². The van der Waals surface area contributed by atoms with Crippen LogP contribution in [0, 0.1) is 29.5 Å². The molecule has 214 valence electrons. The number of nitrogens with two attached hydrogens (primary N) is 1. The van der Waals surface area contributed by atoms with Gasteiger partial charge < -0.3 is 10.3 Å². The molecule has 0 radical (unpaired) electrons. The van der Waals surface area contributed by atoms with Crippen LogP contribution >= 0.6 is 0 Å². The number of aromatic nitrogens is 1. The van der Waals surface area contributed by atoms with Crippen LogP contribution in [0.1, 0.15) is 72.8 Å². The average Bonchev–Trinajstić information content (AvgIpc) is 3.28. The van der Waals surface area contributed by atoms with Crippen molar-refractivity contribution in [2.24, 2.45) is 36.5 Å². The number of aryl methyl sites for hydroxylation is 1. The molecule has 0 fully saturated rings. The van der Waals surface area contributed by atoms with Gasteiger partial charge in [-0.15, -0.1) is 0 Å². The minimum absolute atomic E-state index is 0.207. The second-order valence-electron chi connectivity index (χ2n) is 10.8. The van der Waals surface area contributed by atoms with Gasteiger partial charge in [0.05, 0.1) is 0 Å². The van der Waals surface area contributed by atoms with E-state index in [1.54, 1.807) is 12.1 Å². The van der Waals surface area contributed by atoms with Gasteiger partial charge in [0, 0.05) is 24.1 Å². The van der Waals surface area contributed by atoms with Gasteiger partial charge in [-0.3, -0.25) is 0 Å². The summed E-state index contributed by atoms with van der Waals surface area (Å²) in [6.45, 7) is 17.9. The molecule has 4 rings (SSSR count). The highest BCUT2D eigenvalue weighted by Gasteiger charge is 2.18. The number of hydrogen-bond donors (Lipinski definition) is 1. The molecule has 0 aliphatic carbocycles. The quantitative estimate of drug-likeness (QED) is 0.240. The molecule has 1 aromatic heterocycles. The summed E-state index contributed by atoms with van der Waals surface area (Å²) in [6, 6.07) is 21.5. The van der Waals surface area contributed by atoms with Crippen molar-refractivity contribution in [1.82, 2.24) is 4.57 Å². The highest BCUT2D eigenvalue weighted by Crippen LogP contribution is 2.29. The van der Waals surface area contributed by atoms with Gasteiger partial charge in [-0.25, -0.2) is 4.39 Å². The monoisotopic (exact) mass is 532 g/mol. The topological polar surface area (TPSA) is 30.9 Å². The summed E-state index contributed by atoms with van der Waals surface area (Å²) in [4.78, 5) is 0. The van der Waals surface area contributed by atoms with Gasteiger partial charge in [0.1, 0.15) is 5.82 Å². The maximum absolute atomic E-state index is 12.9. The summed E-state index contributed by atoms with van der Waals surface area (Å²) >= 11 is 0. The molecule has 0 aliphatic heterocycles. The minimum Gasteiger partial charge on any atom is -0.350 e. The Labute approximate surface area is 238 Å². The van der Waals surface area contributed by atoms with Crippen molar-refractivity contribution in [3.05, 3.63) is 90.9 Å². The molecule has 3 heteroatoms. The van der Waals surface area contributed by atoms with Crippen molar-refractivity contribution in [2.75, 3.05) is 7.05 Å². The molecule has 0 bridgehead atoms. The molecule has 3 atom stereocenters. The van der Waals surface area contributed by atoms with Crippen molar-refractivity contribution in [1.29, 1.82) is 0 Å². The summed E-state index contributed by atoms with van der Waals surface area (Å²) in [5.41, 5.74) is 6.49. The first-order chi connectivity index (χ1) is 18.7. The van der Waals surface area contributed by atoms with E-state index in [9.17, 15) is 4.39 Å². The smallest absolute Gasteiger partial charge is 0.123 e. The minimum atomic E-state index is -0.207. The van der Waals surface area contributed by atoms with Crippen molar-refractivity contribution in [2.45, 2.75) is 67.2 Å². The summed E-state index contributed by atoms with van der Waals surface area (Å²) in [7, 11) is 3.44. The Hall–Kier alpha value is -2.91. The lowest BCUT2D eigenvalue weighted by Gasteiger charge is -2.27. The molecule has 3 aromatic carbocycles. The van der Waals surface area contributed by atoms with E-state index in [-0.39, 0.29) is 5.82 Å². The first-order valence-corrected chi connectivity index (χ1v) is 14.6. The SMILES string of the molecule is C=Cc1cn(C)c2ccc(F)cc12.CCCC(CC)CC(C)C(C)C(C)C.CN.c1ccc2ccccc2c1. The zero-order valence-electron chi connectivity index (χ0n) is 25.8. The van der Waals surface area contributed by atoms with E-state index in [2.05, 4.69) is 102 Å². The van der Waals surface area contributed by atoms with Gasteiger partial charge in [0.25, 0.3) is 0 Å². The van der Waals surface area contributed by atoms with Crippen molar-refractivity contribution in [3.63, 3.8) is 0 Å². The first kappa shape index (κ1) is 34.1. The number of fused-ring (bicyclic) bond motifs is 2. The Morgan fingerprint density at radius 3 is 1.87 bits per heavy atom. The Balaban J connectivity index is 0.000000286. The molecule has 0 aliphatic rings. The van der Waals surface area contributed by atoms with E-state index in [1.807, 2.05) is 17.8 Å². The third-order valence-electron chi connectivity index (χ3n) is 7.79. The molecule has 2 nitrogen and oxygen atoms in total. The summed E-state index contributed by atoms with van der Waals surface area (Å²) in [5, 5.41) is 3.53. The van der Waals surface area contributed by atoms with E-state index in [1.165, 1.54) is 55.6 Å². The average molecular weight is 533 g/mol. The van der Waals surface area contributed by atoms with Crippen LogP contribution in [0.15, 0.2) is 79.5 Å². The molecule has 0 saturated carbocycles. The lowest BCUT2D eigenvalue weighted by atomic mass is 9.79. The molecular weight excluding hydrogens is 479 g/mol. The van der Waals surface area contributed by atoms with Crippen LogP contribution in [-0.2, 0) is 7.05 Å². The second kappa shape index (κ2) is 18.4. The molecule has 1 heterocycles. The third-order valence-corrected chi connectivity index (χ3v) is 7.79. The first-order valence-electron chi connectivity index (χ1n) is 14.6. The molecular formula is C36H53FN2. The highest BCUT2D eigenvalue weighted by atomic mass is 19.1. The Kier molecular flexibility index (Phi) is 16.1. The summed E-state index contributed by atoms with van der Waals surface area (Å²) in [5.74, 6) is 3.37. The Bertz CT molecular complexity index is 1160. The van der Waals surface area contributed by atoms with Crippen LogP contribution in [0.3, 0.4) is 0 Å². The predicted octanol–water partition coefficient (Wildman–Crippen LogP) is 10.5. The lowest BCUT2D eigenvalue weighted by molar-refractivity contribution is 0.237. The maximum atomic E-state index is 12.9. The van der Waals surface area contributed by atoms with E-state index in [0.717, 1.165) is 40.1 Å². The molecule has 39 heavy (non-hydrogen) atoms. The van der Waals surface area contributed by atoms with Crippen LogP contribution in [0.2, 0.25) is 0 Å². The molecule has 0 saturated heterocycles. The second-order valence-corrected chi connectivity index (χ2v) is 10.8. The Morgan fingerprint density at radius 1 is 0.897 bits per heavy atom. The van der Waals surface area contributed by atoms with E-state index in [4.69, 9.17) is 0 Å². The number of rotatable bonds is 8. The van der Waals surface area contributed by atoms with Crippen molar-refractivity contribution >= 4 is 27.8 Å². The van der Waals surface area contributed by atoms with Gasteiger partial charge in [0.2, 0.25) is 0 Å². The largest absolute Gasteiger partial charge is 0.350 e. The van der Waals surface area contributed by atoms with Crippen LogP contribution in [0.25, 0.3) is 27.8 Å². The fourth-order valence-corrected chi connectivity index (χ4v) is 4.98. The van der Waals surface area contributed by atoms with Gasteiger partial charge in [0.15, 0.2) is 0 Å². The van der Waals surface area contributed by atoms with Gasteiger partial charge in [-0.05, 0) is 71.7 Å². The molecule has 0 amide bonds. The summed E-state index contributed by atoms with van der Waals surface area (Å²) < 4.78 is 14.9. The van der Waals surface area contributed by atoms with E-state index >= 15 is 0 Å². The van der Waals surface area contributed by atoms with Crippen LogP contribution in [0.4, 0.5) is 4.39 Å². The lowest BCUT2D eigenvalue weighted by Crippen LogP contribution is -2.17. The third kappa shape index (κ3) is 11.0. The van der Waals surface area contributed by atoms with Crippen LogP contribution < -0.4 is 5.73 Å². The van der Waals surface area contributed by atoms with Crippen LogP contribution in [-0.4, -0.2) is 11.6 Å². The Morgan fingerprint density at radius 2 is 1.44 bits per heavy atom. The normalized spacial score (nSPS) is 12.8. The van der Waals surface area contributed by atoms with E-state index in [0.29, 0.717) is 0 Å². The molecule has 3 unspecified atom stereocenters. The van der Waals surface area contributed by atoms with Gasteiger partial charge >= 0.3 is 0 Å². The predicted molar refractivity (Wildman–Crippen MR) is 173 cm³/mol. The molecule has 4 aromatic rings. The fourth-order valence-electron chi connectivity index (χ4n) is 4.98. The van der Waals surface area contributed by atoms with Gasteiger partial charge in [-0.1, -0.05) is 122 Å². The fraction of sp³-hybridized carbons (Fsp3) is 0.444. The standard InChI is InChI=1S/C14H30.C11H10FN.C10H8.CH5N/c1-7-9-14(8-2)10-12(5)13(6)11(3)4;1-3-8-7-13(2)11-5-4-9(12)6-10(8)11;1-2-6-10-8-4-3-7-9(10)5-1;1-2/h11-14H,7-10H2,1-6H3;3-7H,1H2,2H3;1-8H;2H2,1H3. The van der Waals surface area contributed by atoms with Crippen LogP contribution in [0.5, 0.6) is 0 Å². The molecule has 2 N–H and O–H groups in total. The zero-order chi connectivity index (χ0) is 29.4. The highest BCUT2D eigenvalue weighted by molar-refractivity contribution is 5.89. The number of nitrogens with zero attached hydrogens (tertiary/aromatic N) is 1. The van der Waals surface area contributed by atoms with E-state index < -0.39 is 0 Å². The van der Waals surface area contributed by atoms with Crippen molar-refractivity contribution in [3.8, 4) is 0 Å². The zero-order valence-corrected chi connectivity index (χ0v) is 25.8. The van der Waals surface area contributed by atoms with Crippen molar-refractivity contribution < 1.29 is 4.39 Å². The number of benzene rings is 3. The maximum Gasteiger partial charge on any atom is 0.123 e. The molecule has 0 spiro atoms. The number of halogens is 1. The number of hydrogen-bond acceptors (Lipinski definition) is 1. The summed E-state index contributed by atoms with van der Waals surface area (Å²) in [6.07, 6.45) is 9.25.